The molecular formula is C19H32N2O2. The van der Waals surface area contributed by atoms with Crippen molar-refractivity contribution in [2.45, 2.75) is 46.1 Å². The standard InChI is InChI=1S/C19H32N2O2/c1-15(2)17(16-10-8-7-9-11-16)14-20-12-13-21(6)18(22)23-19(3,4)5/h7-11,15,17,20H,12-14H2,1-6H3. The smallest absolute Gasteiger partial charge is 0.410 e. The third-order valence-electron chi connectivity index (χ3n) is 3.73. The van der Waals surface area contributed by atoms with Gasteiger partial charge in [-0.2, -0.15) is 0 Å². The van der Waals surface area contributed by atoms with Crippen molar-refractivity contribution in [1.82, 2.24) is 10.2 Å². The second-order valence-electron chi connectivity index (χ2n) is 7.37. The average molecular weight is 320 g/mol. The van der Waals surface area contributed by atoms with Crippen molar-refractivity contribution < 1.29 is 9.53 Å². The Bertz CT molecular complexity index is 466. The fourth-order valence-electron chi connectivity index (χ4n) is 2.37. The SMILES string of the molecule is CC(C)C(CNCCN(C)C(=O)OC(C)(C)C)c1ccccc1. The van der Waals surface area contributed by atoms with Gasteiger partial charge in [-0.25, -0.2) is 4.79 Å². The lowest BCUT2D eigenvalue weighted by atomic mass is 9.88. The Labute approximate surface area is 141 Å². The number of likely N-dealkylation sites (N-methyl/N-ethyl adjacent to an activating group) is 1. The van der Waals surface area contributed by atoms with Gasteiger partial charge >= 0.3 is 6.09 Å². The molecule has 1 amide bonds. The lowest BCUT2D eigenvalue weighted by molar-refractivity contribution is 0.0300. The fourth-order valence-corrected chi connectivity index (χ4v) is 2.37. The first kappa shape index (κ1) is 19.5. The van der Waals surface area contributed by atoms with Crippen LogP contribution in [0.2, 0.25) is 0 Å². The molecule has 1 aromatic carbocycles. The zero-order chi connectivity index (χ0) is 17.5. The summed E-state index contributed by atoms with van der Waals surface area (Å²) in [5.74, 6) is 1.04. The summed E-state index contributed by atoms with van der Waals surface area (Å²) in [7, 11) is 1.77. The lowest BCUT2D eigenvalue weighted by Crippen LogP contribution is -2.38. The van der Waals surface area contributed by atoms with Crippen molar-refractivity contribution in [2.75, 3.05) is 26.7 Å². The Kier molecular flexibility index (Phi) is 7.56. The molecule has 0 spiro atoms. The molecule has 0 radical (unpaired) electrons. The van der Waals surface area contributed by atoms with Gasteiger partial charge in [0, 0.05) is 26.7 Å². The molecule has 0 aliphatic rings. The minimum Gasteiger partial charge on any atom is -0.444 e. The molecule has 0 bridgehead atoms. The highest BCUT2D eigenvalue weighted by molar-refractivity contribution is 5.67. The average Bonchev–Trinajstić information content (AvgIpc) is 2.45. The van der Waals surface area contributed by atoms with E-state index in [9.17, 15) is 4.79 Å². The molecule has 1 atom stereocenters. The van der Waals surface area contributed by atoms with Crippen molar-refractivity contribution in [3.05, 3.63) is 35.9 Å². The maximum absolute atomic E-state index is 11.9. The summed E-state index contributed by atoms with van der Waals surface area (Å²) in [6.07, 6.45) is -0.275. The van der Waals surface area contributed by atoms with Gasteiger partial charge < -0.3 is 15.0 Å². The second-order valence-corrected chi connectivity index (χ2v) is 7.37. The van der Waals surface area contributed by atoms with Gasteiger partial charge in [0.05, 0.1) is 0 Å². The lowest BCUT2D eigenvalue weighted by Gasteiger charge is -2.25. The molecule has 0 aromatic heterocycles. The molecule has 1 rings (SSSR count). The Balaban J connectivity index is 2.39. The van der Waals surface area contributed by atoms with Crippen LogP contribution in [-0.4, -0.2) is 43.3 Å². The largest absolute Gasteiger partial charge is 0.444 e. The maximum Gasteiger partial charge on any atom is 0.410 e. The molecule has 4 heteroatoms. The predicted molar refractivity (Wildman–Crippen MR) is 95.8 cm³/mol. The highest BCUT2D eigenvalue weighted by atomic mass is 16.6. The van der Waals surface area contributed by atoms with Crippen LogP contribution in [0, 0.1) is 5.92 Å². The van der Waals surface area contributed by atoms with Crippen molar-refractivity contribution >= 4 is 6.09 Å². The summed E-state index contributed by atoms with van der Waals surface area (Å²) in [5.41, 5.74) is 0.907. The Morgan fingerprint density at radius 3 is 2.35 bits per heavy atom. The van der Waals surface area contributed by atoms with Gasteiger partial charge in [-0.05, 0) is 38.2 Å². The van der Waals surface area contributed by atoms with Crippen molar-refractivity contribution in [3.63, 3.8) is 0 Å². The number of rotatable bonds is 7. The van der Waals surface area contributed by atoms with Crippen LogP contribution in [0.5, 0.6) is 0 Å². The van der Waals surface area contributed by atoms with E-state index in [0.29, 0.717) is 18.4 Å². The first-order valence-corrected chi connectivity index (χ1v) is 8.40. The molecule has 0 heterocycles. The van der Waals surface area contributed by atoms with Crippen LogP contribution in [0.15, 0.2) is 30.3 Å². The van der Waals surface area contributed by atoms with Gasteiger partial charge in [0.1, 0.15) is 5.60 Å². The second kappa shape index (κ2) is 8.92. The molecule has 23 heavy (non-hydrogen) atoms. The van der Waals surface area contributed by atoms with E-state index in [-0.39, 0.29) is 6.09 Å². The van der Waals surface area contributed by atoms with Crippen LogP contribution in [-0.2, 0) is 4.74 Å². The molecule has 130 valence electrons. The van der Waals surface area contributed by atoms with Crippen molar-refractivity contribution in [2.24, 2.45) is 5.92 Å². The number of nitrogens with one attached hydrogen (secondary N) is 1. The number of hydrogen-bond donors (Lipinski definition) is 1. The Hall–Kier alpha value is -1.55. The molecular weight excluding hydrogens is 288 g/mol. The molecule has 1 aromatic rings. The first-order valence-electron chi connectivity index (χ1n) is 8.40. The molecule has 0 aliphatic carbocycles. The van der Waals surface area contributed by atoms with Gasteiger partial charge in [0.25, 0.3) is 0 Å². The summed E-state index contributed by atoms with van der Waals surface area (Å²) in [4.78, 5) is 13.5. The highest BCUT2D eigenvalue weighted by Crippen LogP contribution is 2.23. The van der Waals surface area contributed by atoms with Crippen LogP contribution in [0.3, 0.4) is 0 Å². The minimum absolute atomic E-state index is 0.275. The summed E-state index contributed by atoms with van der Waals surface area (Å²) < 4.78 is 5.34. The number of amides is 1. The quantitative estimate of drug-likeness (QED) is 0.775. The maximum atomic E-state index is 11.9. The van der Waals surface area contributed by atoms with E-state index in [1.165, 1.54) is 5.56 Å². The van der Waals surface area contributed by atoms with Gasteiger partial charge in [-0.15, -0.1) is 0 Å². The van der Waals surface area contributed by atoms with Gasteiger partial charge in [0.15, 0.2) is 0 Å². The zero-order valence-corrected chi connectivity index (χ0v) is 15.4. The highest BCUT2D eigenvalue weighted by Gasteiger charge is 2.19. The Morgan fingerprint density at radius 2 is 1.83 bits per heavy atom. The van der Waals surface area contributed by atoms with Crippen LogP contribution in [0.25, 0.3) is 0 Å². The van der Waals surface area contributed by atoms with Crippen LogP contribution >= 0.6 is 0 Å². The fraction of sp³-hybridized carbons (Fsp3) is 0.632. The first-order chi connectivity index (χ1) is 10.7. The van der Waals surface area contributed by atoms with Gasteiger partial charge in [0.2, 0.25) is 0 Å². The van der Waals surface area contributed by atoms with Gasteiger partial charge in [-0.3, -0.25) is 0 Å². The summed E-state index contributed by atoms with van der Waals surface area (Å²) in [5, 5.41) is 3.46. The predicted octanol–water partition coefficient (Wildman–Crippen LogP) is 3.88. The molecule has 4 nitrogen and oxygen atoms in total. The van der Waals surface area contributed by atoms with E-state index in [1.54, 1.807) is 11.9 Å². The molecule has 0 aliphatic heterocycles. The number of benzene rings is 1. The monoisotopic (exact) mass is 320 g/mol. The molecule has 1 unspecified atom stereocenters. The normalized spacial score (nSPS) is 13.0. The Morgan fingerprint density at radius 1 is 1.22 bits per heavy atom. The van der Waals surface area contributed by atoms with E-state index < -0.39 is 5.60 Å². The number of ether oxygens (including phenoxy) is 1. The van der Waals surface area contributed by atoms with E-state index in [4.69, 9.17) is 4.74 Å². The number of hydrogen-bond acceptors (Lipinski definition) is 3. The molecule has 0 fully saturated rings. The van der Waals surface area contributed by atoms with E-state index in [0.717, 1.165) is 13.1 Å². The number of carbonyl (C=O) groups excluding carboxylic acids is 1. The van der Waals surface area contributed by atoms with Crippen molar-refractivity contribution in [3.8, 4) is 0 Å². The summed E-state index contributed by atoms with van der Waals surface area (Å²) in [6, 6.07) is 10.6. The van der Waals surface area contributed by atoms with E-state index in [1.807, 2.05) is 26.8 Å². The summed E-state index contributed by atoms with van der Waals surface area (Å²) in [6.45, 7) is 12.4. The van der Waals surface area contributed by atoms with E-state index >= 15 is 0 Å². The third-order valence-corrected chi connectivity index (χ3v) is 3.73. The van der Waals surface area contributed by atoms with E-state index in [2.05, 4.69) is 43.4 Å². The molecule has 1 N–H and O–H groups in total. The minimum atomic E-state index is -0.450. The number of carbonyl (C=O) groups is 1. The number of nitrogens with zero attached hydrogens (tertiary/aromatic N) is 1. The van der Waals surface area contributed by atoms with Gasteiger partial charge in [-0.1, -0.05) is 44.2 Å². The van der Waals surface area contributed by atoms with Crippen LogP contribution in [0.4, 0.5) is 4.79 Å². The third kappa shape index (κ3) is 7.51. The van der Waals surface area contributed by atoms with Crippen LogP contribution in [0.1, 0.15) is 46.1 Å². The molecule has 0 saturated heterocycles. The molecule has 0 saturated carbocycles. The van der Waals surface area contributed by atoms with Crippen molar-refractivity contribution in [1.29, 1.82) is 0 Å². The zero-order valence-electron chi connectivity index (χ0n) is 15.4. The van der Waals surface area contributed by atoms with Crippen LogP contribution < -0.4 is 5.32 Å². The topological polar surface area (TPSA) is 41.6 Å². The summed E-state index contributed by atoms with van der Waals surface area (Å²) >= 11 is 0.